The monoisotopic (exact) mass is 350 g/mol. The third-order valence-corrected chi connectivity index (χ3v) is 3.57. The molecule has 1 amide bonds. The maximum absolute atomic E-state index is 13.9. The summed E-state index contributed by atoms with van der Waals surface area (Å²) in [6, 6.07) is 11.4. The average Bonchev–Trinajstić information content (AvgIpc) is 2.47. The summed E-state index contributed by atoms with van der Waals surface area (Å²) in [6.07, 6.45) is 0.746. The van der Waals surface area contributed by atoms with E-state index >= 15 is 0 Å². The molecule has 0 aliphatic heterocycles. The standard InChI is InChI=1S/C16H16BrFN2O/c1-2-9-20(15-6-4-3-5-14(15)19)16(21)12-10-11(17)7-8-13(12)18/h3-8,10H,2,9,19H2,1H3. The van der Waals surface area contributed by atoms with Gasteiger partial charge in [-0.15, -0.1) is 0 Å². The van der Waals surface area contributed by atoms with Crippen molar-refractivity contribution in [3.05, 3.63) is 58.3 Å². The number of amides is 1. The van der Waals surface area contributed by atoms with E-state index in [2.05, 4.69) is 15.9 Å². The van der Waals surface area contributed by atoms with Crippen LogP contribution in [0, 0.1) is 5.82 Å². The zero-order chi connectivity index (χ0) is 15.4. The zero-order valence-electron chi connectivity index (χ0n) is 11.6. The van der Waals surface area contributed by atoms with Crippen LogP contribution in [0.5, 0.6) is 0 Å². The fourth-order valence-corrected chi connectivity index (χ4v) is 2.46. The second-order valence-corrected chi connectivity index (χ2v) is 5.56. The molecule has 3 nitrogen and oxygen atoms in total. The Morgan fingerprint density at radius 1 is 1.29 bits per heavy atom. The first kappa shape index (κ1) is 15.5. The van der Waals surface area contributed by atoms with E-state index in [1.54, 1.807) is 30.3 Å². The Morgan fingerprint density at radius 3 is 2.67 bits per heavy atom. The largest absolute Gasteiger partial charge is 0.397 e. The normalized spacial score (nSPS) is 10.4. The van der Waals surface area contributed by atoms with Crippen molar-refractivity contribution in [2.45, 2.75) is 13.3 Å². The summed E-state index contributed by atoms with van der Waals surface area (Å²) < 4.78 is 14.6. The lowest BCUT2D eigenvalue weighted by atomic mass is 10.1. The highest BCUT2D eigenvalue weighted by Gasteiger charge is 2.21. The lowest BCUT2D eigenvalue weighted by Crippen LogP contribution is -2.33. The van der Waals surface area contributed by atoms with Gasteiger partial charge in [0.1, 0.15) is 5.82 Å². The molecule has 2 aromatic rings. The van der Waals surface area contributed by atoms with Crippen LogP contribution in [0.15, 0.2) is 46.9 Å². The fourth-order valence-electron chi connectivity index (χ4n) is 2.10. The van der Waals surface area contributed by atoms with Crippen molar-refractivity contribution in [3.63, 3.8) is 0 Å². The molecule has 0 fully saturated rings. The minimum absolute atomic E-state index is 0.0288. The third kappa shape index (κ3) is 3.42. The van der Waals surface area contributed by atoms with Gasteiger partial charge >= 0.3 is 0 Å². The summed E-state index contributed by atoms with van der Waals surface area (Å²) in [7, 11) is 0. The molecule has 0 radical (unpaired) electrons. The van der Waals surface area contributed by atoms with Crippen LogP contribution < -0.4 is 10.6 Å². The minimum Gasteiger partial charge on any atom is -0.397 e. The van der Waals surface area contributed by atoms with E-state index < -0.39 is 11.7 Å². The Labute approximate surface area is 131 Å². The fraction of sp³-hybridized carbons (Fsp3) is 0.188. The number of hydrogen-bond donors (Lipinski definition) is 1. The van der Waals surface area contributed by atoms with Crippen LogP contribution in [0.1, 0.15) is 23.7 Å². The number of anilines is 2. The topological polar surface area (TPSA) is 46.3 Å². The van der Waals surface area contributed by atoms with Gasteiger partial charge in [-0.3, -0.25) is 4.79 Å². The highest BCUT2D eigenvalue weighted by molar-refractivity contribution is 9.10. The first-order chi connectivity index (χ1) is 10.0. The van der Waals surface area contributed by atoms with Crippen molar-refractivity contribution in [3.8, 4) is 0 Å². The van der Waals surface area contributed by atoms with Gasteiger partial charge in [0.15, 0.2) is 0 Å². The summed E-state index contributed by atoms with van der Waals surface area (Å²) in [5, 5.41) is 0. The Balaban J connectivity index is 2.45. The molecule has 0 aromatic heterocycles. The van der Waals surface area contributed by atoms with Gasteiger partial charge < -0.3 is 10.6 Å². The lowest BCUT2D eigenvalue weighted by molar-refractivity contribution is 0.0983. The van der Waals surface area contributed by atoms with E-state index in [1.807, 2.05) is 6.92 Å². The number of nitrogens with zero attached hydrogens (tertiary/aromatic N) is 1. The van der Waals surface area contributed by atoms with Crippen molar-refractivity contribution in [1.82, 2.24) is 0 Å². The Morgan fingerprint density at radius 2 is 2.00 bits per heavy atom. The predicted molar refractivity (Wildman–Crippen MR) is 86.9 cm³/mol. The highest BCUT2D eigenvalue weighted by Crippen LogP contribution is 2.26. The van der Waals surface area contributed by atoms with E-state index in [1.165, 1.54) is 17.0 Å². The summed E-state index contributed by atoms with van der Waals surface area (Å²) in [4.78, 5) is 14.2. The molecule has 0 spiro atoms. The van der Waals surface area contributed by atoms with Gasteiger partial charge in [0.2, 0.25) is 0 Å². The number of hydrogen-bond acceptors (Lipinski definition) is 2. The van der Waals surface area contributed by atoms with Crippen LogP contribution in [0.3, 0.4) is 0 Å². The van der Waals surface area contributed by atoms with Gasteiger partial charge in [0.05, 0.1) is 16.9 Å². The first-order valence-corrected chi connectivity index (χ1v) is 7.45. The summed E-state index contributed by atoms with van der Waals surface area (Å²) in [5.41, 5.74) is 7.06. The van der Waals surface area contributed by atoms with E-state index in [0.29, 0.717) is 22.4 Å². The minimum atomic E-state index is -0.543. The van der Waals surface area contributed by atoms with Gasteiger partial charge in [-0.25, -0.2) is 4.39 Å². The maximum atomic E-state index is 13.9. The van der Waals surface area contributed by atoms with Crippen molar-refractivity contribution in [2.24, 2.45) is 0 Å². The van der Waals surface area contributed by atoms with Crippen LogP contribution in [-0.2, 0) is 0 Å². The van der Waals surface area contributed by atoms with Gasteiger partial charge in [0.25, 0.3) is 5.91 Å². The number of rotatable bonds is 4. The van der Waals surface area contributed by atoms with Gasteiger partial charge in [-0.1, -0.05) is 35.0 Å². The smallest absolute Gasteiger partial charge is 0.261 e. The third-order valence-electron chi connectivity index (χ3n) is 3.08. The van der Waals surface area contributed by atoms with Gasteiger partial charge in [0, 0.05) is 11.0 Å². The van der Waals surface area contributed by atoms with E-state index in [0.717, 1.165) is 6.42 Å². The lowest BCUT2D eigenvalue weighted by Gasteiger charge is -2.24. The van der Waals surface area contributed by atoms with Crippen LogP contribution in [0.2, 0.25) is 0 Å². The molecule has 0 aliphatic carbocycles. The van der Waals surface area contributed by atoms with Gasteiger partial charge in [-0.2, -0.15) is 0 Å². The zero-order valence-corrected chi connectivity index (χ0v) is 13.2. The molecule has 0 heterocycles. The summed E-state index contributed by atoms with van der Waals surface area (Å²) >= 11 is 3.26. The molecule has 2 aromatic carbocycles. The van der Waals surface area contributed by atoms with Crippen LogP contribution in [-0.4, -0.2) is 12.5 Å². The number of benzene rings is 2. The molecule has 5 heteroatoms. The first-order valence-electron chi connectivity index (χ1n) is 6.66. The molecule has 0 unspecified atom stereocenters. The molecule has 2 rings (SSSR count). The number of nitrogens with two attached hydrogens (primary N) is 1. The second-order valence-electron chi connectivity index (χ2n) is 4.64. The predicted octanol–water partition coefficient (Wildman–Crippen LogP) is 4.23. The van der Waals surface area contributed by atoms with Crippen molar-refractivity contribution >= 4 is 33.2 Å². The van der Waals surface area contributed by atoms with Gasteiger partial charge in [-0.05, 0) is 36.8 Å². The molecule has 110 valence electrons. The molecular formula is C16H16BrFN2O. The molecule has 0 bridgehead atoms. The Bertz CT molecular complexity index is 660. The second kappa shape index (κ2) is 6.72. The average molecular weight is 351 g/mol. The Kier molecular flexibility index (Phi) is 4.96. The molecule has 0 saturated carbocycles. The molecule has 0 saturated heterocycles. The van der Waals surface area contributed by atoms with Crippen LogP contribution in [0.4, 0.5) is 15.8 Å². The molecular weight excluding hydrogens is 335 g/mol. The molecule has 2 N–H and O–H groups in total. The molecule has 0 aliphatic rings. The highest BCUT2D eigenvalue weighted by atomic mass is 79.9. The maximum Gasteiger partial charge on any atom is 0.261 e. The Hall–Kier alpha value is -1.88. The number of para-hydroxylation sites is 2. The van der Waals surface area contributed by atoms with Crippen LogP contribution >= 0.6 is 15.9 Å². The summed E-state index contributed by atoms with van der Waals surface area (Å²) in [6.45, 7) is 2.43. The SMILES string of the molecule is CCCN(C(=O)c1cc(Br)ccc1F)c1ccccc1N. The number of carbonyl (C=O) groups excluding carboxylic acids is 1. The summed E-state index contributed by atoms with van der Waals surface area (Å²) in [5.74, 6) is -0.938. The van der Waals surface area contributed by atoms with E-state index in [-0.39, 0.29) is 5.56 Å². The molecule has 21 heavy (non-hydrogen) atoms. The van der Waals surface area contributed by atoms with Crippen molar-refractivity contribution in [2.75, 3.05) is 17.2 Å². The van der Waals surface area contributed by atoms with Crippen LogP contribution in [0.25, 0.3) is 0 Å². The van der Waals surface area contributed by atoms with Crippen molar-refractivity contribution in [1.29, 1.82) is 0 Å². The quantitative estimate of drug-likeness (QED) is 0.838. The number of halogens is 2. The van der Waals surface area contributed by atoms with E-state index in [9.17, 15) is 9.18 Å². The number of nitrogen functional groups attached to an aromatic ring is 1. The van der Waals surface area contributed by atoms with Crippen molar-refractivity contribution < 1.29 is 9.18 Å². The molecule has 0 atom stereocenters. The van der Waals surface area contributed by atoms with E-state index in [4.69, 9.17) is 5.73 Å². The number of carbonyl (C=O) groups is 1.